The van der Waals surface area contributed by atoms with Crippen LogP contribution in [0.4, 0.5) is 5.00 Å². The van der Waals surface area contributed by atoms with Crippen LogP contribution in [-0.4, -0.2) is 28.4 Å². The zero-order chi connectivity index (χ0) is 21.2. The number of nitrogens with one attached hydrogen (secondary N) is 2. The van der Waals surface area contributed by atoms with Crippen LogP contribution < -0.4 is 10.6 Å². The highest BCUT2D eigenvalue weighted by Crippen LogP contribution is 2.41. The monoisotopic (exact) mass is 474 g/mol. The number of hydrogen-bond acceptors (Lipinski definition) is 5. The zero-order valence-corrected chi connectivity index (χ0v) is 19.1. The van der Waals surface area contributed by atoms with Gasteiger partial charge in [-0.3, -0.25) is 4.79 Å². The number of ether oxygens (including phenoxy) is 1. The van der Waals surface area contributed by atoms with E-state index < -0.39 is 15.9 Å². The average molecular weight is 476 g/mol. The Morgan fingerprint density at radius 1 is 1.24 bits per heavy atom. The van der Waals surface area contributed by atoms with E-state index in [2.05, 4.69) is 10.6 Å². The van der Waals surface area contributed by atoms with E-state index in [0.717, 1.165) is 35.3 Å². The first-order valence-electron chi connectivity index (χ1n) is 9.23. The van der Waals surface area contributed by atoms with Crippen molar-refractivity contribution >= 4 is 63.0 Å². The molecular formula is C20H21Cl3N2O3S. The lowest BCUT2D eigenvalue weighted by Crippen LogP contribution is -2.49. The van der Waals surface area contributed by atoms with Crippen LogP contribution in [0, 0.1) is 6.92 Å². The number of anilines is 1. The molecule has 0 spiro atoms. The summed E-state index contributed by atoms with van der Waals surface area (Å²) in [4.78, 5) is 26.4. The molecule has 0 aliphatic heterocycles. The van der Waals surface area contributed by atoms with Crippen molar-refractivity contribution in [3.05, 3.63) is 51.4 Å². The summed E-state index contributed by atoms with van der Waals surface area (Å²) in [5.41, 5.74) is 2.72. The second-order valence-electron chi connectivity index (χ2n) is 6.69. The van der Waals surface area contributed by atoms with E-state index in [1.54, 1.807) is 19.1 Å². The third kappa shape index (κ3) is 5.00. The van der Waals surface area contributed by atoms with Gasteiger partial charge in [0.05, 0.1) is 12.2 Å². The number of hydrogen-bond donors (Lipinski definition) is 2. The molecule has 1 aromatic heterocycles. The van der Waals surface area contributed by atoms with Gasteiger partial charge in [-0.05, 0) is 50.3 Å². The minimum atomic E-state index is -1.85. The van der Waals surface area contributed by atoms with E-state index in [0.29, 0.717) is 16.1 Å². The van der Waals surface area contributed by atoms with E-state index >= 15 is 0 Å². The van der Waals surface area contributed by atoms with Crippen LogP contribution in [0.15, 0.2) is 24.3 Å². The van der Waals surface area contributed by atoms with Crippen LogP contribution in [0.1, 0.15) is 50.1 Å². The smallest absolute Gasteiger partial charge is 0.341 e. The Morgan fingerprint density at radius 2 is 1.97 bits per heavy atom. The number of fused-ring (bicyclic) bond motifs is 1. The Hall–Kier alpha value is -1.47. The van der Waals surface area contributed by atoms with E-state index in [4.69, 9.17) is 39.5 Å². The van der Waals surface area contributed by atoms with Gasteiger partial charge in [-0.15, -0.1) is 11.3 Å². The van der Waals surface area contributed by atoms with Gasteiger partial charge in [0.15, 0.2) is 0 Å². The molecule has 29 heavy (non-hydrogen) atoms. The topological polar surface area (TPSA) is 67.4 Å². The summed E-state index contributed by atoms with van der Waals surface area (Å²) in [6.07, 6.45) is 1.63. The van der Waals surface area contributed by atoms with E-state index in [9.17, 15) is 9.59 Å². The first-order chi connectivity index (χ1) is 13.7. The SMILES string of the molecule is CCOC(=O)c1c(N[C@@H](NC(=O)c2ccccc2C)C(Cl)(Cl)Cl)sc2c1CCC2. The number of esters is 1. The Labute approximate surface area is 188 Å². The van der Waals surface area contributed by atoms with Crippen molar-refractivity contribution in [2.75, 3.05) is 11.9 Å². The molecule has 3 rings (SSSR count). The van der Waals surface area contributed by atoms with Crippen LogP contribution >= 0.6 is 46.1 Å². The third-order valence-corrected chi connectivity index (χ3v) is 6.55. The highest BCUT2D eigenvalue weighted by Gasteiger charge is 2.37. The molecule has 0 fully saturated rings. The maximum absolute atomic E-state index is 12.8. The Bertz CT molecular complexity index is 924. The van der Waals surface area contributed by atoms with Crippen molar-refractivity contribution in [1.29, 1.82) is 0 Å². The van der Waals surface area contributed by atoms with Gasteiger partial charge in [-0.2, -0.15) is 0 Å². The molecule has 156 valence electrons. The number of alkyl halides is 3. The Morgan fingerprint density at radius 3 is 2.62 bits per heavy atom. The van der Waals surface area contributed by atoms with Gasteiger partial charge in [0.2, 0.25) is 3.79 Å². The van der Waals surface area contributed by atoms with Crippen molar-refractivity contribution in [2.45, 2.75) is 43.1 Å². The molecule has 0 radical (unpaired) electrons. The standard InChI is InChI=1S/C20H21Cl3N2O3S/c1-3-28-18(27)15-13-9-6-10-14(13)29-17(15)25-19(20(21,22)23)24-16(26)12-8-5-4-7-11(12)2/h4-5,7-8,19,25H,3,6,9-10H2,1-2H3,(H,24,26)/t19-/m1/s1. The first kappa shape index (κ1) is 22.2. The quantitative estimate of drug-likeness (QED) is 0.340. The fourth-order valence-electron chi connectivity index (χ4n) is 3.29. The summed E-state index contributed by atoms with van der Waals surface area (Å²) >= 11 is 19.9. The predicted molar refractivity (Wildman–Crippen MR) is 119 cm³/mol. The van der Waals surface area contributed by atoms with Gasteiger partial charge < -0.3 is 15.4 Å². The first-order valence-corrected chi connectivity index (χ1v) is 11.2. The lowest BCUT2D eigenvalue weighted by molar-refractivity contribution is 0.0527. The van der Waals surface area contributed by atoms with Gasteiger partial charge in [-0.1, -0.05) is 53.0 Å². The molecule has 0 bridgehead atoms. The molecule has 0 saturated carbocycles. The molecule has 1 atom stereocenters. The molecule has 0 saturated heterocycles. The van der Waals surface area contributed by atoms with E-state index in [-0.39, 0.29) is 12.5 Å². The highest BCUT2D eigenvalue weighted by atomic mass is 35.6. The van der Waals surface area contributed by atoms with Gasteiger partial charge in [-0.25, -0.2) is 4.79 Å². The molecule has 1 aromatic carbocycles. The molecular weight excluding hydrogens is 455 g/mol. The number of rotatable bonds is 6. The fourth-order valence-corrected chi connectivity index (χ4v) is 4.93. The van der Waals surface area contributed by atoms with Gasteiger partial charge in [0, 0.05) is 10.4 Å². The molecule has 1 aliphatic rings. The summed E-state index contributed by atoms with van der Waals surface area (Å²) in [6, 6.07) is 7.14. The summed E-state index contributed by atoms with van der Waals surface area (Å²) < 4.78 is 3.38. The lowest BCUT2D eigenvalue weighted by atomic mass is 10.1. The fraction of sp³-hybridized carbons (Fsp3) is 0.400. The molecule has 9 heteroatoms. The summed E-state index contributed by atoms with van der Waals surface area (Å²) in [5, 5.41) is 6.34. The molecule has 1 aliphatic carbocycles. The number of benzene rings is 1. The molecule has 1 amide bonds. The summed E-state index contributed by atoms with van der Waals surface area (Å²) in [7, 11) is 0. The number of carbonyl (C=O) groups is 2. The normalized spacial score (nSPS) is 14.2. The van der Waals surface area contributed by atoms with Crippen molar-refractivity contribution in [3.8, 4) is 0 Å². The average Bonchev–Trinajstić information content (AvgIpc) is 3.21. The van der Waals surface area contributed by atoms with E-state index in [1.165, 1.54) is 11.3 Å². The largest absolute Gasteiger partial charge is 0.462 e. The van der Waals surface area contributed by atoms with Crippen LogP contribution in [0.25, 0.3) is 0 Å². The molecule has 5 nitrogen and oxygen atoms in total. The number of halogens is 3. The van der Waals surface area contributed by atoms with Gasteiger partial charge >= 0.3 is 5.97 Å². The summed E-state index contributed by atoms with van der Waals surface area (Å²) in [6.45, 7) is 3.85. The lowest BCUT2D eigenvalue weighted by Gasteiger charge is -2.27. The Kier molecular flexibility index (Phi) is 6.99. The van der Waals surface area contributed by atoms with Crippen LogP contribution in [0.2, 0.25) is 0 Å². The van der Waals surface area contributed by atoms with Gasteiger partial charge in [0.25, 0.3) is 5.91 Å². The molecule has 2 aromatic rings. The van der Waals surface area contributed by atoms with Crippen molar-refractivity contribution in [2.24, 2.45) is 0 Å². The molecule has 1 heterocycles. The van der Waals surface area contributed by atoms with E-state index in [1.807, 2.05) is 19.1 Å². The number of amides is 1. The van der Waals surface area contributed by atoms with Crippen molar-refractivity contribution in [3.63, 3.8) is 0 Å². The van der Waals surface area contributed by atoms with Crippen molar-refractivity contribution in [1.82, 2.24) is 5.32 Å². The molecule has 0 unspecified atom stereocenters. The minimum absolute atomic E-state index is 0.265. The predicted octanol–water partition coefficient (Wildman–Crippen LogP) is 5.26. The number of aryl methyl sites for hydroxylation is 2. The van der Waals surface area contributed by atoms with Crippen LogP contribution in [0.5, 0.6) is 0 Å². The number of carbonyl (C=O) groups excluding carboxylic acids is 2. The maximum atomic E-state index is 12.8. The zero-order valence-electron chi connectivity index (χ0n) is 16.0. The van der Waals surface area contributed by atoms with Crippen molar-refractivity contribution < 1.29 is 14.3 Å². The number of thiophene rings is 1. The highest BCUT2D eigenvalue weighted by molar-refractivity contribution is 7.16. The van der Waals surface area contributed by atoms with Gasteiger partial charge in [0.1, 0.15) is 11.2 Å². The summed E-state index contributed by atoms with van der Waals surface area (Å²) in [5.74, 6) is -0.795. The second kappa shape index (κ2) is 9.13. The third-order valence-electron chi connectivity index (χ3n) is 4.67. The maximum Gasteiger partial charge on any atom is 0.341 e. The van der Waals surface area contributed by atoms with Crippen LogP contribution in [-0.2, 0) is 17.6 Å². The minimum Gasteiger partial charge on any atom is -0.462 e. The Balaban J connectivity index is 1.90. The second-order valence-corrected chi connectivity index (χ2v) is 10.2. The van der Waals surface area contributed by atoms with Crippen LogP contribution in [0.3, 0.4) is 0 Å². The molecule has 2 N–H and O–H groups in total.